The minimum Gasteiger partial charge on any atom is -0.342 e. The first-order valence-corrected chi connectivity index (χ1v) is 8.22. The summed E-state index contributed by atoms with van der Waals surface area (Å²) in [4.78, 5) is 28.9. The van der Waals surface area contributed by atoms with Crippen LogP contribution < -0.4 is 10.6 Å². The topological polar surface area (TPSA) is 71.1 Å². The van der Waals surface area contributed by atoms with Crippen molar-refractivity contribution in [3.05, 3.63) is 52.0 Å². The molecule has 4 rings (SSSR count). The normalized spacial score (nSPS) is 24.7. The van der Waals surface area contributed by atoms with Gasteiger partial charge in [0.25, 0.3) is 0 Å². The molecular weight excluding hydrogens is 298 g/mol. The number of carbonyl (C=O) groups is 2. The van der Waals surface area contributed by atoms with E-state index in [1.165, 1.54) is 22.5 Å². The molecule has 0 bridgehead atoms. The Labute approximate surface area is 131 Å². The van der Waals surface area contributed by atoms with Crippen LogP contribution in [0.3, 0.4) is 0 Å². The van der Waals surface area contributed by atoms with Gasteiger partial charge in [-0.1, -0.05) is 24.3 Å². The van der Waals surface area contributed by atoms with Gasteiger partial charge in [-0.15, -0.1) is 11.3 Å². The lowest BCUT2D eigenvalue weighted by Crippen LogP contribution is -2.60. The molecule has 2 aromatic rings. The van der Waals surface area contributed by atoms with E-state index in [4.69, 9.17) is 0 Å². The molecule has 2 heterocycles. The largest absolute Gasteiger partial charge is 0.342 e. The van der Waals surface area contributed by atoms with E-state index in [2.05, 4.69) is 27.8 Å². The number of nitrogens with one attached hydrogen (secondary N) is 2. The van der Waals surface area contributed by atoms with Crippen LogP contribution in [-0.2, 0) is 22.4 Å². The number of aromatic nitrogens is 1. The molecule has 22 heavy (non-hydrogen) atoms. The standard InChI is InChI=1S/C16H15N3O2S/c20-15-13(11-5-9-3-1-2-4-10(9)6-11)18-16(21)14(19-15)12-7-22-8-17-12/h1-4,7-8,11,13-14H,5-6H2,(H,18,21)(H,19,20). The van der Waals surface area contributed by atoms with Crippen molar-refractivity contribution in [3.8, 4) is 0 Å². The number of amides is 2. The van der Waals surface area contributed by atoms with E-state index in [0.29, 0.717) is 5.69 Å². The van der Waals surface area contributed by atoms with Gasteiger partial charge < -0.3 is 10.6 Å². The van der Waals surface area contributed by atoms with Crippen molar-refractivity contribution in [2.75, 3.05) is 0 Å². The molecule has 0 spiro atoms. The Kier molecular flexibility index (Phi) is 3.18. The first-order valence-electron chi connectivity index (χ1n) is 7.28. The van der Waals surface area contributed by atoms with E-state index in [1.807, 2.05) is 12.1 Å². The summed E-state index contributed by atoms with van der Waals surface area (Å²) in [5.41, 5.74) is 4.81. The first kappa shape index (κ1) is 13.5. The summed E-state index contributed by atoms with van der Waals surface area (Å²) in [6.45, 7) is 0. The molecule has 1 aliphatic carbocycles. The summed E-state index contributed by atoms with van der Waals surface area (Å²) in [5, 5.41) is 7.50. The van der Waals surface area contributed by atoms with Crippen LogP contribution in [0.25, 0.3) is 0 Å². The van der Waals surface area contributed by atoms with Gasteiger partial charge >= 0.3 is 0 Å². The molecule has 5 nitrogen and oxygen atoms in total. The molecule has 1 saturated heterocycles. The summed E-state index contributed by atoms with van der Waals surface area (Å²) in [6.07, 6.45) is 1.66. The number of fused-ring (bicyclic) bond motifs is 1. The van der Waals surface area contributed by atoms with E-state index < -0.39 is 12.1 Å². The van der Waals surface area contributed by atoms with E-state index >= 15 is 0 Å². The van der Waals surface area contributed by atoms with Crippen molar-refractivity contribution >= 4 is 23.2 Å². The second kappa shape index (κ2) is 5.21. The maximum Gasteiger partial charge on any atom is 0.249 e. The van der Waals surface area contributed by atoms with Gasteiger partial charge in [0.15, 0.2) is 6.04 Å². The molecule has 1 aromatic carbocycles. The molecule has 0 radical (unpaired) electrons. The van der Waals surface area contributed by atoms with Gasteiger partial charge in [-0.3, -0.25) is 9.59 Å². The number of thiazole rings is 1. The SMILES string of the molecule is O=C1NC(C2Cc3ccccc3C2)C(=O)NC1c1cscn1. The summed E-state index contributed by atoms with van der Waals surface area (Å²) < 4.78 is 0. The van der Waals surface area contributed by atoms with Crippen molar-refractivity contribution < 1.29 is 9.59 Å². The van der Waals surface area contributed by atoms with Gasteiger partial charge in [0.05, 0.1) is 11.2 Å². The average molecular weight is 313 g/mol. The van der Waals surface area contributed by atoms with E-state index in [9.17, 15) is 9.59 Å². The van der Waals surface area contributed by atoms with Crippen molar-refractivity contribution in [1.29, 1.82) is 0 Å². The van der Waals surface area contributed by atoms with E-state index in [-0.39, 0.29) is 17.7 Å². The molecule has 2 amide bonds. The fourth-order valence-corrected chi connectivity index (χ4v) is 3.91. The van der Waals surface area contributed by atoms with Crippen LogP contribution in [0, 0.1) is 5.92 Å². The third kappa shape index (κ3) is 2.20. The molecule has 2 N–H and O–H groups in total. The number of hydrogen-bond donors (Lipinski definition) is 2. The molecule has 2 atom stereocenters. The minimum absolute atomic E-state index is 0.115. The van der Waals surface area contributed by atoms with Crippen LogP contribution in [0.2, 0.25) is 0 Å². The summed E-state index contributed by atoms with van der Waals surface area (Å²) in [6, 6.07) is 7.08. The molecule has 2 aliphatic rings. The Morgan fingerprint density at radius 2 is 1.77 bits per heavy atom. The Balaban J connectivity index is 1.52. The number of hydrogen-bond acceptors (Lipinski definition) is 4. The summed E-state index contributed by atoms with van der Waals surface area (Å²) >= 11 is 1.41. The first-order chi connectivity index (χ1) is 10.7. The smallest absolute Gasteiger partial charge is 0.249 e. The molecule has 2 unspecified atom stereocenters. The highest BCUT2D eigenvalue weighted by atomic mass is 32.1. The molecule has 112 valence electrons. The number of rotatable bonds is 2. The lowest BCUT2D eigenvalue weighted by atomic mass is 9.93. The van der Waals surface area contributed by atoms with Crippen LogP contribution in [0.4, 0.5) is 0 Å². The Morgan fingerprint density at radius 3 is 2.41 bits per heavy atom. The van der Waals surface area contributed by atoms with Crippen LogP contribution in [0.5, 0.6) is 0 Å². The van der Waals surface area contributed by atoms with Crippen molar-refractivity contribution in [3.63, 3.8) is 0 Å². The second-order valence-corrected chi connectivity index (χ2v) is 6.50. The number of nitrogens with zero attached hydrogens (tertiary/aromatic N) is 1. The predicted octanol–water partition coefficient (Wildman–Crippen LogP) is 1.21. The molecule has 1 fully saturated rings. The maximum absolute atomic E-state index is 12.4. The lowest BCUT2D eigenvalue weighted by Gasteiger charge is -2.32. The third-order valence-corrected chi connectivity index (χ3v) is 5.03. The predicted molar refractivity (Wildman–Crippen MR) is 82.3 cm³/mol. The average Bonchev–Trinajstić information content (AvgIpc) is 3.17. The van der Waals surface area contributed by atoms with Crippen molar-refractivity contribution in [2.45, 2.75) is 24.9 Å². The fraction of sp³-hybridized carbons (Fsp3) is 0.312. The Bertz CT molecular complexity index is 704. The molecule has 0 saturated carbocycles. The van der Waals surface area contributed by atoms with Gasteiger partial charge in [0.2, 0.25) is 11.8 Å². The monoisotopic (exact) mass is 313 g/mol. The highest BCUT2D eigenvalue weighted by molar-refractivity contribution is 7.07. The maximum atomic E-state index is 12.4. The number of carbonyl (C=O) groups excluding carboxylic acids is 2. The number of benzene rings is 1. The highest BCUT2D eigenvalue weighted by Gasteiger charge is 2.41. The lowest BCUT2D eigenvalue weighted by molar-refractivity contribution is -0.138. The zero-order chi connectivity index (χ0) is 15.1. The van der Waals surface area contributed by atoms with Crippen molar-refractivity contribution in [1.82, 2.24) is 15.6 Å². The molecule has 1 aromatic heterocycles. The van der Waals surface area contributed by atoms with Crippen LogP contribution >= 0.6 is 11.3 Å². The van der Waals surface area contributed by atoms with Gasteiger partial charge in [-0.05, 0) is 29.9 Å². The zero-order valence-electron chi connectivity index (χ0n) is 11.8. The quantitative estimate of drug-likeness (QED) is 0.875. The second-order valence-electron chi connectivity index (χ2n) is 5.78. The minimum atomic E-state index is -0.668. The Morgan fingerprint density at radius 1 is 1.05 bits per heavy atom. The van der Waals surface area contributed by atoms with E-state index in [0.717, 1.165) is 12.8 Å². The van der Waals surface area contributed by atoms with Crippen LogP contribution in [-0.4, -0.2) is 22.8 Å². The van der Waals surface area contributed by atoms with Crippen LogP contribution in [0.15, 0.2) is 35.2 Å². The van der Waals surface area contributed by atoms with Gasteiger partial charge in [0, 0.05) is 5.38 Å². The zero-order valence-corrected chi connectivity index (χ0v) is 12.6. The van der Waals surface area contributed by atoms with Crippen molar-refractivity contribution in [2.24, 2.45) is 5.92 Å². The highest BCUT2D eigenvalue weighted by Crippen LogP contribution is 2.30. The molecule has 1 aliphatic heterocycles. The van der Waals surface area contributed by atoms with Gasteiger partial charge in [0.1, 0.15) is 6.04 Å². The molecular formula is C16H15N3O2S. The molecule has 6 heteroatoms. The summed E-state index contributed by atoms with van der Waals surface area (Å²) in [5.74, 6) is -0.167. The summed E-state index contributed by atoms with van der Waals surface area (Å²) in [7, 11) is 0. The van der Waals surface area contributed by atoms with Crippen LogP contribution in [0.1, 0.15) is 22.9 Å². The fourth-order valence-electron chi connectivity index (χ4n) is 3.33. The van der Waals surface area contributed by atoms with Gasteiger partial charge in [-0.2, -0.15) is 0 Å². The van der Waals surface area contributed by atoms with Gasteiger partial charge in [-0.25, -0.2) is 4.98 Å². The Hall–Kier alpha value is -2.21. The number of piperazine rings is 1. The van der Waals surface area contributed by atoms with E-state index in [1.54, 1.807) is 10.9 Å². The third-order valence-electron chi connectivity index (χ3n) is 4.43.